The molecule has 1 aromatic carbocycles. The number of carbonyl (C=O) groups excluding carboxylic acids is 1. The van der Waals surface area contributed by atoms with Crippen molar-refractivity contribution in [2.45, 2.75) is 39.2 Å². The Morgan fingerprint density at radius 1 is 1.33 bits per heavy atom. The first-order chi connectivity index (χ1) is 8.48. The van der Waals surface area contributed by atoms with E-state index in [0.29, 0.717) is 5.56 Å². The summed E-state index contributed by atoms with van der Waals surface area (Å²) in [5, 5.41) is 3.54. The minimum absolute atomic E-state index is 0.0133. The van der Waals surface area contributed by atoms with Crippen molar-refractivity contribution in [2.24, 2.45) is 0 Å². The van der Waals surface area contributed by atoms with Crippen LogP contribution in [0.4, 0.5) is 0 Å². The molecule has 1 aliphatic heterocycles. The van der Waals surface area contributed by atoms with Crippen molar-refractivity contribution in [3.8, 4) is 0 Å². The summed E-state index contributed by atoms with van der Waals surface area (Å²) < 4.78 is 4.85. The fourth-order valence-corrected chi connectivity index (χ4v) is 2.90. The number of esters is 1. The van der Waals surface area contributed by atoms with Crippen LogP contribution in [-0.2, 0) is 10.3 Å². The van der Waals surface area contributed by atoms with Gasteiger partial charge in [0.2, 0.25) is 0 Å². The van der Waals surface area contributed by atoms with Crippen LogP contribution < -0.4 is 5.32 Å². The van der Waals surface area contributed by atoms with Crippen molar-refractivity contribution in [1.82, 2.24) is 5.32 Å². The number of nitrogens with one attached hydrogen (secondary N) is 1. The largest absolute Gasteiger partial charge is 0.465 e. The van der Waals surface area contributed by atoms with Crippen molar-refractivity contribution >= 4 is 5.97 Å². The minimum Gasteiger partial charge on any atom is -0.465 e. The van der Waals surface area contributed by atoms with Gasteiger partial charge in [-0.3, -0.25) is 0 Å². The zero-order valence-corrected chi connectivity index (χ0v) is 11.6. The van der Waals surface area contributed by atoms with E-state index >= 15 is 0 Å². The zero-order chi connectivity index (χ0) is 13.3. The summed E-state index contributed by atoms with van der Waals surface area (Å²) in [6.07, 6.45) is 2.29. The summed E-state index contributed by atoms with van der Waals surface area (Å²) >= 11 is 0. The van der Waals surface area contributed by atoms with Crippen molar-refractivity contribution in [3.63, 3.8) is 0 Å². The second-order valence-corrected chi connectivity index (χ2v) is 5.34. The average molecular weight is 247 g/mol. The van der Waals surface area contributed by atoms with E-state index in [1.54, 1.807) is 0 Å². The van der Waals surface area contributed by atoms with E-state index in [2.05, 4.69) is 25.2 Å². The molecule has 1 atom stereocenters. The molecule has 0 bridgehead atoms. The minimum atomic E-state index is -0.254. The van der Waals surface area contributed by atoms with E-state index in [4.69, 9.17) is 4.74 Å². The number of aryl methyl sites for hydroxylation is 2. The van der Waals surface area contributed by atoms with Gasteiger partial charge in [-0.25, -0.2) is 4.79 Å². The Labute approximate surface area is 109 Å². The molecule has 1 aliphatic rings. The monoisotopic (exact) mass is 247 g/mol. The van der Waals surface area contributed by atoms with Gasteiger partial charge in [-0.05, 0) is 62.9 Å². The molecule has 1 saturated heterocycles. The zero-order valence-electron chi connectivity index (χ0n) is 11.6. The highest BCUT2D eigenvalue weighted by atomic mass is 16.5. The Bertz CT molecular complexity index is 474. The molecule has 0 spiro atoms. The van der Waals surface area contributed by atoms with Crippen LogP contribution in [0.1, 0.15) is 46.8 Å². The summed E-state index contributed by atoms with van der Waals surface area (Å²) in [5.41, 5.74) is 4.08. The summed E-state index contributed by atoms with van der Waals surface area (Å²) in [5.74, 6) is -0.254. The van der Waals surface area contributed by atoms with Crippen molar-refractivity contribution in [1.29, 1.82) is 0 Å². The summed E-state index contributed by atoms with van der Waals surface area (Å²) in [4.78, 5) is 11.8. The number of benzene rings is 1. The SMILES string of the molecule is COC(=O)c1cc(C2(C)CCCN2)c(C)cc1C. The number of hydrogen-bond donors (Lipinski definition) is 1. The van der Waals surface area contributed by atoms with Gasteiger partial charge < -0.3 is 10.1 Å². The van der Waals surface area contributed by atoms with E-state index in [-0.39, 0.29) is 11.5 Å². The molecular formula is C15H21NO2. The third-order valence-corrected chi connectivity index (χ3v) is 3.94. The molecule has 0 aromatic heterocycles. The van der Waals surface area contributed by atoms with Crippen LogP contribution in [0.15, 0.2) is 12.1 Å². The normalized spacial score (nSPS) is 23.1. The predicted molar refractivity (Wildman–Crippen MR) is 71.8 cm³/mol. The van der Waals surface area contributed by atoms with Crippen LogP contribution in [0.3, 0.4) is 0 Å². The van der Waals surface area contributed by atoms with Crippen molar-refractivity contribution < 1.29 is 9.53 Å². The molecule has 0 aliphatic carbocycles. The Morgan fingerprint density at radius 2 is 2.06 bits per heavy atom. The summed E-state index contributed by atoms with van der Waals surface area (Å²) in [6.45, 7) is 7.30. The maximum absolute atomic E-state index is 11.8. The maximum atomic E-state index is 11.8. The first-order valence-corrected chi connectivity index (χ1v) is 6.43. The third-order valence-electron chi connectivity index (χ3n) is 3.94. The Morgan fingerprint density at radius 3 is 2.61 bits per heavy atom. The highest BCUT2D eigenvalue weighted by Crippen LogP contribution is 2.33. The molecule has 1 fully saturated rings. The lowest BCUT2D eigenvalue weighted by atomic mass is 9.85. The summed E-state index contributed by atoms with van der Waals surface area (Å²) in [6, 6.07) is 4.07. The first-order valence-electron chi connectivity index (χ1n) is 6.43. The first kappa shape index (κ1) is 13.1. The second-order valence-electron chi connectivity index (χ2n) is 5.34. The molecule has 1 N–H and O–H groups in total. The molecule has 2 rings (SSSR count). The van der Waals surface area contributed by atoms with E-state index in [1.807, 2.05) is 13.0 Å². The molecule has 98 valence electrons. The molecule has 0 saturated carbocycles. The molecule has 1 aromatic rings. The van der Waals surface area contributed by atoms with Gasteiger partial charge in [0, 0.05) is 5.54 Å². The van der Waals surface area contributed by atoms with E-state index < -0.39 is 0 Å². The van der Waals surface area contributed by atoms with Gasteiger partial charge in [0.25, 0.3) is 0 Å². The third kappa shape index (κ3) is 2.15. The number of ether oxygens (including phenoxy) is 1. The molecule has 3 nitrogen and oxygen atoms in total. The van der Waals surface area contributed by atoms with Crippen LogP contribution in [-0.4, -0.2) is 19.6 Å². The van der Waals surface area contributed by atoms with E-state index in [0.717, 1.165) is 18.5 Å². The van der Waals surface area contributed by atoms with Gasteiger partial charge in [-0.1, -0.05) is 6.07 Å². The smallest absolute Gasteiger partial charge is 0.338 e. The van der Waals surface area contributed by atoms with Gasteiger partial charge >= 0.3 is 5.97 Å². The quantitative estimate of drug-likeness (QED) is 0.817. The number of hydrogen-bond acceptors (Lipinski definition) is 3. The van der Waals surface area contributed by atoms with Crippen molar-refractivity contribution in [3.05, 3.63) is 34.4 Å². The van der Waals surface area contributed by atoms with Crippen LogP contribution in [0.2, 0.25) is 0 Å². The lowest BCUT2D eigenvalue weighted by Crippen LogP contribution is -2.34. The van der Waals surface area contributed by atoms with Gasteiger partial charge in [-0.15, -0.1) is 0 Å². The lowest BCUT2D eigenvalue weighted by molar-refractivity contribution is 0.0599. The number of carbonyl (C=O) groups is 1. The number of rotatable bonds is 2. The van der Waals surface area contributed by atoms with E-state index in [9.17, 15) is 4.79 Å². The fourth-order valence-electron chi connectivity index (χ4n) is 2.90. The topological polar surface area (TPSA) is 38.3 Å². The lowest BCUT2D eigenvalue weighted by Gasteiger charge is -2.28. The maximum Gasteiger partial charge on any atom is 0.338 e. The second kappa shape index (κ2) is 4.73. The highest BCUT2D eigenvalue weighted by Gasteiger charge is 2.32. The molecule has 0 amide bonds. The van der Waals surface area contributed by atoms with Crippen LogP contribution in [0.5, 0.6) is 0 Å². The molecular weight excluding hydrogens is 226 g/mol. The molecule has 1 heterocycles. The number of methoxy groups -OCH3 is 1. The molecule has 3 heteroatoms. The van der Waals surface area contributed by atoms with Crippen LogP contribution in [0, 0.1) is 13.8 Å². The van der Waals surface area contributed by atoms with Gasteiger partial charge in [0.15, 0.2) is 0 Å². The Balaban J connectivity index is 2.51. The average Bonchev–Trinajstić information content (AvgIpc) is 2.76. The molecule has 0 radical (unpaired) electrons. The standard InChI is InChI=1S/C15H21NO2/c1-10-8-11(2)13(9-12(10)14(17)18-4)15(3)6-5-7-16-15/h8-9,16H,5-7H2,1-4H3. The van der Waals surface area contributed by atoms with Crippen LogP contribution >= 0.6 is 0 Å². The van der Waals surface area contributed by atoms with Gasteiger partial charge in [0.05, 0.1) is 12.7 Å². The van der Waals surface area contributed by atoms with E-state index in [1.165, 1.54) is 24.7 Å². The van der Waals surface area contributed by atoms with Gasteiger partial charge in [0.1, 0.15) is 0 Å². The van der Waals surface area contributed by atoms with Gasteiger partial charge in [-0.2, -0.15) is 0 Å². The molecule has 1 unspecified atom stereocenters. The summed E-state index contributed by atoms with van der Waals surface area (Å²) in [7, 11) is 1.43. The van der Waals surface area contributed by atoms with Crippen LogP contribution in [0.25, 0.3) is 0 Å². The molecule has 18 heavy (non-hydrogen) atoms. The Hall–Kier alpha value is -1.35. The fraction of sp³-hybridized carbons (Fsp3) is 0.533. The predicted octanol–water partition coefficient (Wildman–Crippen LogP) is 2.69. The Kier molecular flexibility index (Phi) is 3.44. The van der Waals surface area contributed by atoms with Crippen molar-refractivity contribution in [2.75, 3.05) is 13.7 Å². The highest BCUT2D eigenvalue weighted by molar-refractivity contribution is 5.91.